The van der Waals surface area contributed by atoms with Crippen LogP contribution in [-0.4, -0.2) is 26.4 Å². The smallest absolute Gasteiger partial charge is 0.120 e. The van der Waals surface area contributed by atoms with Gasteiger partial charge in [-0.05, 0) is 44.5 Å². The minimum absolute atomic E-state index is 0.236. The van der Waals surface area contributed by atoms with Gasteiger partial charge in [-0.3, -0.25) is 0 Å². The van der Waals surface area contributed by atoms with Crippen LogP contribution in [0.3, 0.4) is 0 Å². The highest BCUT2D eigenvalue weighted by Gasteiger charge is 2.16. The van der Waals surface area contributed by atoms with Crippen LogP contribution < -0.4 is 10.1 Å². The van der Waals surface area contributed by atoms with Crippen LogP contribution in [0.25, 0.3) is 0 Å². The van der Waals surface area contributed by atoms with Crippen molar-refractivity contribution in [2.75, 3.05) is 20.3 Å². The molecule has 0 spiro atoms. The van der Waals surface area contributed by atoms with Gasteiger partial charge in [0, 0.05) is 17.7 Å². The first-order chi connectivity index (χ1) is 8.70. The zero-order valence-electron chi connectivity index (χ0n) is 10.9. The summed E-state index contributed by atoms with van der Waals surface area (Å²) in [4.78, 5) is 0. The molecule has 1 fully saturated rings. The summed E-state index contributed by atoms with van der Waals surface area (Å²) >= 11 is 6.25. The van der Waals surface area contributed by atoms with Crippen molar-refractivity contribution in [3.05, 3.63) is 28.8 Å². The Hall–Kier alpha value is -0.770. The molecule has 3 nitrogen and oxygen atoms in total. The van der Waals surface area contributed by atoms with Gasteiger partial charge in [0.2, 0.25) is 0 Å². The van der Waals surface area contributed by atoms with Gasteiger partial charge in [-0.15, -0.1) is 0 Å². The second-order valence-corrected chi connectivity index (χ2v) is 5.05. The number of benzene rings is 1. The van der Waals surface area contributed by atoms with Crippen LogP contribution in [0, 0.1) is 0 Å². The zero-order valence-corrected chi connectivity index (χ0v) is 11.7. The molecule has 0 aromatic heterocycles. The molecule has 0 aliphatic carbocycles. The lowest BCUT2D eigenvalue weighted by Crippen LogP contribution is -2.16. The molecule has 100 valence electrons. The fourth-order valence-corrected chi connectivity index (χ4v) is 2.40. The van der Waals surface area contributed by atoms with Crippen molar-refractivity contribution < 1.29 is 9.47 Å². The summed E-state index contributed by atoms with van der Waals surface area (Å²) in [6, 6.07) is 6.09. The second-order valence-electron chi connectivity index (χ2n) is 4.64. The van der Waals surface area contributed by atoms with Gasteiger partial charge >= 0.3 is 0 Å². The van der Waals surface area contributed by atoms with Crippen molar-refractivity contribution >= 4 is 11.6 Å². The molecule has 0 saturated carbocycles. The van der Waals surface area contributed by atoms with Crippen LogP contribution in [0.5, 0.6) is 5.75 Å². The maximum Gasteiger partial charge on any atom is 0.120 e. The van der Waals surface area contributed by atoms with Gasteiger partial charge in [-0.25, -0.2) is 0 Å². The third kappa shape index (κ3) is 3.37. The summed E-state index contributed by atoms with van der Waals surface area (Å²) in [5.74, 6) is 0.808. The van der Waals surface area contributed by atoms with Gasteiger partial charge in [0.15, 0.2) is 0 Å². The lowest BCUT2D eigenvalue weighted by molar-refractivity contribution is 0.0679. The van der Waals surface area contributed by atoms with Crippen LogP contribution in [0.2, 0.25) is 5.02 Å². The molecule has 1 aliphatic heterocycles. The molecule has 0 bridgehead atoms. The molecule has 1 aromatic carbocycles. The van der Waals surface area contributed by atoms with Crippen molar-refractivity contribution in [3.8, 4) is 5.75 Å². The number of nitrogens with one attached hydrogen (secondary N) is 1. The fraction of sp³-hybridized carbons (Fsp3) is 0.571. The standard InChI is InChI=1S/C14H20ClNO2/c1-10(16-2)13-6-5-11(8-14(13)15)18-9-12-4-3-7-17-12/h5-6,8,10,12,16H,3-4,7,9H2,1-2H3. The Morgan fingerprint density at radius 1 is 1.56 bits per heavy atom. The van der Waals surface area contributed by atoms with Gasteiger partial charge in [0.1, 0.15) is 12.4 Å². The molecule has 1 saturated heterocycles. The molecule has 0 amide bonds. The lowest BCUT2D eigenvalue weighted by atomic mass is 10.1. The zero-order chi connectivity index (χ0) is 13.0. The predicted octanol–water partition coefficient (Wildman–Crippen LogP) is 3.18. The Labute approximate surface area is 113 Å². The van der Waals surface area contributed by atoms with Crippen LogP contribution in [0.15, 0.2) is 18.2 Å². The Bertz CT molecular complexity index is 391. The van der Waals surface area contributed by atoms with Gasteiger partial charge < -0.3 is 14.8 Å². The molecular weight excluding hydrogens is 250 g/mol. The lowest BCUT2D eigenvalue weighted by Gasteiger charge is -2.15. The number of rotatable bonds is 5. The average Bonchev–Trinajstić information content (AvgIpc) is 2.88. The fourth-order valence-electron chi connectivity index (χ4n) is 2.07. The Morgan fingerprint density at radius 2 is 2.39 bits per heavy atom. The van der Waals surface area contributed by atoms with E-state index >= 15 is 0 Å². The first kappa shape index (κ1) is 13.7. The monoisotopic (exact) mass is 269 g/mol. The van der Waals surface area contributed by atoms with Crippen molar-refractivity contribution in [2.45, 2.75) is 31.9 Å². The first-order valence-corrected chi connectivity index (χ1v) is 6.79. The van der Waals surface area contributed by atoms with Crippen molar-refractivity contribution in [1.82, 2.24) is 5.32 Å². The summed E-state index contributed by atoms with van der Waals surface area (Å²) < 4.78 is 11.2. The van der Waals surface area contributed by atoms with Gasteiger partial charge in [-0.1, -0.05) is 17.7 Å². The third-order valence-electron chi connectivity index (χ3n) is 3.33. The Kier molecular flexibility index (Phi) is 4.87. The molecule has 1 aromatic rings. The number of ether oxygens (including phenoxy) is 2. The molecular formula is C14H20ClNO2. The number of halogens is 1. The quantitative estimate of drug-likeness (QED) is 0.891. The van der Waals surface area contributed by atoms with E-state index in [1.54, 1.807) is 0 Å². The Balaban J connectivity index is 1.95. The van der Waals surface area contributed by atoms with E-state index in [0.29, 0.717) is 6.61 Å². The van der Waals surface area contributed by atoms with E-state index < -0.39 is 0 Å². The minimum atomic E-state index is 0.236. The largest absolute Gasteiger partial charge is 0.491 e. The SMILES string of the molecule is CNC(C)c1ccc(OCC2CCCO2)cc1Cl. The molecule has 4 heteroatoms. The molecule has 2 rings (SSSR count). The first-order valence-electron chi connectivity index (χ1n) is 6.42. The maximum atomic E-state index is 6.25. The van der Waals surface area contributed by atoms with Crippen LogP contribution in [-0.2, 0) is 4.74 Å². The molecule has 1 N–H and O–H groups in total. The summed E-state index contributed by atoms with van der Waals surface area (Å²) in [5, 5.41) is 3.91. The van der Waals surface area contributed by atoms with Crippen molar-refractivity contribution in [1.29, 1.82) is 0 Å². The summed E-state index contributed by atoms with van der Waals surface area (Å²) in [6.45, 7) is 3.54. The van der Waals surface area contributed by atoms with Crippen molar-refractivity contribution in [2.24, 2.45) is 0 Å². The van der Waals surface area contributed by atoms with Crippen LogP contribution in [0.1, 0.15) is 31.4 Å². The molecule has 1 aliphatic rings. The van der Waals surface area contributed by atoms with E-state index in [9.17, 15) is 0 Å². The topological polar surface area (TPSA) is 30.5 Å². The molecule has 2 atom stereocenters. The van der Waals surface area contributed by atoms with E-state index in [4.69, 9.17) is 21.1 Å². The molecule has 18 heavy (non-hydrogen) atoms. The van der Waals surface area contributed by atoms with Crippen molar-refractivity contribution in [3.63, 3.8) is 0 Å². The Morgan fingerprint density at radius 3 is 3.00 bits per heavy atom. The van der Waals surface area contributed by atoms with E-state index in [1.807, 2.05) is 25.2 Å². The maximum absolute atomic E-state index is 6.25. The number of hydrogen-bond donors (Lipinski definition) is 1. The highest BCUT2D eigenvalue weighted by atomic mass is 35.5. The summed E-state index contributed by atoms with van der Waals surface area (Å²) in [5.41, 5.74) is 1.09. The number of hydrogen-bond acceptors (Lipinski definition) is 3. The third-order valence-corrected chi connectivity index (χ3v) is 3.66. The van der Waals surface area contributed by atoms with E-state index in [1.165, 1.54) is 0 Å². The van der Waals surface area contributed by atoms with Crippen LogP contribution >= 0.6 is 11.6 Å². The predicted molar refractivity (Wildman–Crippen MR) is 73.4 cm³/mol. The normalized spacial score (nSPS) is 20.9. The highest BCUT2D eigenvalue weighted by Crippen LogP contribution is 2.27. The molecule has 1 heterocycles. The molecule has 0 radical (unpaired) electrons. The minimum Gasteiger partial charge on any atom is -0.491 e. The second kappa shape index (κ2) is 6.41. The van der Waals surface area contributed by atoms with Crippen LogP contribution in [0.4, 0.5) is 0 Å². The van der Waals surface area contributed by atoms with E-state index in [2.05, 4.69) is 12.2 Å². The average molecular weight is 270 g/mol. The summed E-state index contributed by atoms with van der Waals surface area (Å²) in [7, 11) is 1.92. The highest BCUT2D eigenvalue weighted by molar-refractivity contribution is 6.31. The van der Waals surface area contributed by atoms with Gasteiger partial charge in [0.25, 0.3) is 0 Å². The summed E-state index contributed by atoms with van der Waals surface area (Å²) in [6.07, 6.45) is 2.45. The van der Waals surface area contributed by atoms with E-state index in [-0.39, 0.29) is 12.1 Å². The van der Waals surface area contributed by atoms with E-state index in [0.717, 1.165) is 35.8 Å². The van der Waals surface area contributed by atoms with Gasteiger partial charge in [0.05, 0.1) is 6.10 Å². The molecule has 2 unspecified atom stereocenters. The van der Waals surface area contributed by atoms with Gasteiger partial charge in [-0.2, -0.15) is 0 Å².